The third-order valence-corrected chi connectivity index (χ3v) is 10.3. The summed E-state index contributed by atoms with van der Waals surface area (Å²) < 4.78 is 0. The van der Waals surface area contributed by atoms with Gasteiger partial charge in [0.15, 0.2) is 0 Å². The van der Waals surface area contributed by atoms with Crippen LogP contribution in [0.3, 0.4) is 0 Å². The van der Waals surface area contributed by atoms with Crippen molar-refractivity contribution in [2.24, 2.45) is 11.8 Å². The fourth-order valence-electron chi connectivity index (χ4n) is 8.65. The van der Waals surface area contributed by atoms with E-state index in [-0.39, 0.29) is 0 Å². The molecule has 10 rings (SSSR count). The largest absolute Gasteiger partial charge is 0.0839 e. The molecule has 4 aromatic rings. The standard InChI is InChI=1S/C40H28/c1-2-9-23(10-3-1)27-17-18-32-26-12-5-4-11-24(26)19-36-34-22-33-25(21-37(34)39(27)40(32)36)20-35-29-14-7-6-13-28(29)30-15-8-16-31(33)38(30)35/h1-3,5-6,8-10,12-13,15-22,32,40H,4,7,11,14H2. The van der Waals surface area contributed by atoms with Gasteiger partial charge in [-0.1, -0.05) is 91.1 Å². The Morgan fingerprint density at radius 1 is 0.650 bits per heavy atom. The van der Waals surface area contributed by atoms with E-state index in [1.54, 1.807) is 11.1 Å². The van der Waals surface area contributed by atoms with Gasteiger partial charge in [0.25, 0.3) is 0 Å². The van der Waals surface area contributed by atoms with Gasteiger partial charge in [0.2, 0.25) is 0 Å². The third kappa shape index (κ3) is 2.62. The molecule has 2 atom stereocenters. The van der Waals surface area contributed by atoms with Gasteiger partial charge >= 0.3 is 0 Å². The number of hydrogen-bond donors (Lipinski definition) is 0. The number of rotatable bonds is 1. The Hall–Kier alpha value is -4.42. The van der Waals surface area contributed by atoms with Crippen LogP contribution in [0.4, 0.5) is 0 Å². The Balaban J connectivity index is 1.31. The number of fused-ring (bicyclic) bond motifs is 8. The zero-order valence-electron chi connectivity index (χ0n) is 22.4. The van der Waals surface area contributed by atoms with Crippen molar-refractivity contribution in [1.82, 2.24) is 0 Å². The van der Waals surface area contributed by atoms with Crippen molar-refractivity contribution >= 4 is 49.4 Å². The zero-order chi connectivity index (χ0) is 25.9. The molecule has 0 saturated carbocycles. The molecular formula is C40H28. The molecule has 0 amide bonds. The minimum absolute atomic E-state index is 0.389. The van der Waals surface area contributed by atoms with Gasteiger partial charge in [-0.2, -0.15) is 0 Å². The van der Waals surface area contributed by atoms with E-state index < -0.39 is 0 Å². The molecule has 188 valence electrons. The molecule has 0 N–H and O–H groups in total. The van der Waals surface area contributed by atoms with Crippen molar-refractivity contribution in [3.63, 3.8) is 0 Å². The summed E-state index contributed by atoms with van der Waals surface area (Å²) in [5.74, 6) is 0.810. The van der Waals surface area contributed by atoms with Crippen molar-refractivity contribution < 1.29 is 0 Å². The Morgan fingerprint density at radius 3 is 2.48 bits per heavy atom. The SMILES string of the molecule is C1=CC2=C(C=C3c4cc5c(cc4C4=C(c6ccccc6)C=CC2C34)cc2c3c(cccc35)C3=C2CCC=C3)CC1. The first kappa shape index (κ1) is 21.4. The predicted octanol–water partition coefficient (Wildman–Crippen LogP) is 10.3. The van der Waals surface area contributed by atoms with E-state index in [0.717, 1.165) is 25.7 Å². The van der Waals surface area contributed by atoms with E-state index >= 15 is 0 Å². The molecule has 40 heavy (non-hydrogen) atoms. The van der Waals surface area contributed by atoms with Gasteiger partial charge in [-0.05, 0) is 132 Å². The summed E-state index contributed by atoms with van der Waals surface area (Å²) in [4.78, 5) is 0. The quantitative estimate of drug-likeness (QED) is 0.224. The molecule has 0 heterocycles. The minimum atomic E-state index is 0.389. The predicted molar refractivity (Wildman–Crippen MR) is 169 cm³/mol. The molecule has 0 nitrogen and oxygen atoms in total. The van der Waals surface area contributed by atoms with Crippen LogP contribution >= 0.6 is 0 Å². The molecule has 6 aliphatic carbocycles. The highest BCUT2D eigenvalue weighted by Gasteiger charge is 2.43. The summed E-state index contributed by atoms with van der Waals surface area (Å²) in [6.45, 7) is 0. The first-order valence-corrected chi connectivity index (χ1v) is 14.9. The van der Waals surface area contributed by atoms with Crippen LogP contribution < -0.4 is 0 Å². The van der Waals surface area contributed by atoms with E-state index in [2.05, 4.69) is 109 Å². The van der Waals surface area contributed by atoms with Crippen LogP contribution in [0, 0.1) is 11.8 Å². The van der Waals surface area contributed by atoms with Crippen molar-refractivity contribution in [1.29, 1.82) is 0 Å². The fraction of sp³-hybridized carbons (Fsp3) is 0.150. The maximum Gasteiger partial charge on any atom is 0.0211 e. The Kier molecular flexibility index (Phi) is 4.07. The van der Waals surface area contributed by atoms with Crippen molar-refractivity contribution in [3.05, 3.63) is 148 Å². The second-order valence-electron chi connectivity index (χ2n) is 12.2. The van der Waals surface area contributed by atoms with Crippen LogP contribution in [0.15, 0.2) is 120 Å². The van der Waals surface area contributed by atoms with Crippen LogP contribution in [-0.4, -0.2) is 0 Å². The van der Waals surface area contributed by atoms with Crippen molar-refractivity contribution in [3.8, 4) is 0 Å². The lowest BCUT2D eigenvalue weighted by atomic mass is 9.68. The maximum atomic E-state index is 2.57. The van der Waals surface area contributed by atoms with Crippen LogP contribution in [-0.2, 0) is 0 Å². The van der Waals surface area contributed by atoms with Gasteiger partial charge < -0.3 is 0 Å². The average molecular weight is 509 g/mol. The lowest BCUT2D eigenvalue weighted by molar-refractivity contribution is 0.662. The first-order chi connectivity index (χ1) is 19.8. The molecule has 0 fully saturated rings. The van der Waals surface area contributed by atoms with Crippen LogP contribution in [0.5, 0.6) is 0 Å². The number of allylic oxidation sites excluding steroid dienone is 14. The number of hydrogen-bond acceptors (Lipinski definition) is 0. The topological polar surface area (TPSA) is 0 Å². The lowest BCUT2D eigenvalue weighted by Gasteiger charge is -2.35. The molecule has 0 radical (unpaired) electrons. The van der Waals surface area contributed by atoms with Crippen LogP contribution in [0.2, 0.25) is 0 Å². The summed E-state index contributed by atoms with van der Waals surface area (Å²) in [6.07, 6.45) is 21.6. The molecule has 0 aliphatic heterocycles. The van der Waals surface area contributed by atoms with Crippen molar-refractivity contribution in [2.45, 2.75) is 25.7 Å². The fourth-order valence-corrected chi connectivity index (χ4v) is 8.65. The lowest BCUT2D eigenvalue weighted by Crippen LogP contribution is -2.22. The van der Waals surface area contributed by atoms with Gasteiger partial charge in [0.1, 0.15) is 0 Å². The first-order valence-electron chi connectivity index (χ1n) is 14.9. The highest BCUT2D eigenvalue weighted by Crippen LogP contribution is 2.60. The molecule has 0 heteroatoms. The van der Waals surface area contributed by atoms with Crippen molar-refractivity contribution in [2.75, 3.05) is 0 Å². The Bertz CT molecular complexity index is 2080. The second kappa shape index (κ2) is 7.61. The molecule has 0 bridgehead atoms. The van der Waals surface area contributed by atoms with Gasteiger partial charge in [-0.25, -0.2) is 0 Å². The van der Waals surface area contributed by atoms with E-state index in [0.29, 0.717) is 11.8 Å². The summed E-state index contributed by atoms with van der Waals surface area (Å²) >= 11 is 0. The zero-order valence-corrected chi connectivity index (χ0v) is 22.4. The molecule has 0 aromatic heterocycles. The van der Waals surface area contributed by atoms with Crippen LogP contribution in [0.25, 0.3) is 49.4 Å². The summed E-state index contributed by atoms with van der Waals surface area (Å²) in [5, 5.41) is 5.65. The van der Waals surface area contributed by atoms with Gasteiger partial charge in [0, 0.05) is 11.8 Å². The Labute approximate surface area is 234 Å². The summed E-state index contributed by atoms with van der Waals surface area (Å²) in [6, 6.07) is 25.6. The number of benzene rings is 4. The molecule has 2 unspecified atom stereocenters. The van der Waals surface area contributed by atoms with E-state index in [1.807, 2.05) is 0 Å². The summed E-state index contributed by atoms with van der Waals surface area (Å²) in [7, 11) is 0. The highest BCUT2D eigenvalue weighted by molar-refractivity contribution is 6.24. The molecule has 0 saturated heterocycles. The van der Waals surface area contributed by atoms with E-state index in [1.165, 1.54) is 77.2 Å². The minimum Gasteiger partial charge on any atom is -0.0839 e. The average Bonchev–Trinajstić information content (AvgIpc) is 3.51. The maximum absolute atomic E-state index is 2.57. The van der Waals surface area contributed by atoms with Crippen LogP contribution in [0.1, 0.15) is 53.5 Å². The Morgan fingerprint density at radius 2 is 1.52 bits per heavy atom. The van der Waals surface area contributed by atoms with Gasteiger partial charge in [0.05, 0.1) is 0 Å². The molecule has 4 aromatic carbocycles. The smallest absolute Gasteiger partial charge is 0.0211 e. The van der Waals surface area contributed by atoms with Gasteiger partial charge in [-0.15, -0.1) is 0 Å². The third-order valence-electron chi connectivity index (χ3n) is 10.3. The normalized spacial score (nSPS) is 23.1. The van der Waals surface area contributed by atoms with E-state index in [4.69, 9.17) is 0 Å². The molecule has 6 aliphatic rings. The van der Waals surface area contributed by atoms with Gasteiger partial charge in [-0.3, -0.25) is 0 Å². The van der Waals surface area contributed by atoms with E-state index in [9.17, 15) is 0 Å². The highest BCUT2D eigenvalue weighted by atomic mass is 14.5. The monoisotopic (exact) mass is 508 g/mol. The second-order valence-corrected chi connectivity index (χ2v) is 12.2. The molecule has 0 spiro atoms. The summed E-state index contributed by atoms with van der Waals surface area (Å²) in [5.41, 5.74) is 17.6. The molecular weight excluding hydrogens is 480 g/mol.